The maximum atomic E-state index is 12.8. The Morgan fingerprint density at radius 1 is 0.927 bits per heavy atom. The second-order valence-electron chi connectivity index (χ2n) is 13.2. The highest BCUT2D eigenvalue weighted by Gasteiger charge is 2.66. The third-order valence-corrected chi connectivity index (χ3v) is 10.8. The number of hydrogen-bond donors (Lipinski definition) is 3. The molecule has 0 aromatic heterocycles. The molecule has 0 aromatic carbocycles. The van der Waals surface area contributed by atoms with E-state index in [2.05, 4.69) is 13.8 Å². The Morgan fingerprint density at radius 3 is 2.32 bits per heavy atom. The van der Waals surface area contributed by atoms with Crippen LogP contribution in [0, 0.1) is 28.6 Å². The molecule has 0 radical (unpaired) electrons. The number of carbonyl (C=O) groups is 3. The summed E-state index contributed by atoms with van der Waals surface area (Å²) < 4.78 is 28.8. The number of aliphatic hydroxyl groups is 3. The minimum absolute atomic E-state index is 0.00285. The average molecular weight is 581 g/mol. The summed E-state index contributed by atoms with van der Waals surface area (Å²) in [6.07, 6.45) is -0.237. The Morgan fingerprint density at radius 2 is 1.66 bits per heavy atom. The van der Waals surface area contributed by atoms with E-state index in [9.17, 15) is 29.7 Å². The summed E-state index contributed by atoms with van der Waals surface area (Å²) in [6, 6.07) is 0. The molecule has 4 aliphatic carbocycles. The predicted molar refractivity (Wildman–Crippen MR) is 142 cm³/mol. The SMILES string of the molecule is COC(=O)[C@H]1O[C@@H](OC2(OC(C)=O)C=C3C[C@@H](OC(C)=O)CC[C@]3(C)C3CC[C@]4(C)CCCC4C32)[C@H](O)[C@@H](O)[C@@H]1O. The summed E-state index contributed by atoms with van der Waals surface area (Å²) in [5.41, 5.74) is 0.687. The quantitative estimate of drug-likeness (QED) is 0.189. The van der Waals surface area contributed by atoms with Crippen molar-refractivity contribution in [3.8, 4) is 0 Å². The van der Waals surface area contributed by atoms with Gasteiger partial charge in [0.2, 0.25) is 5.79 Å². The van der Waals surface area contributed by atoms with Crippen LogP contribution in [0.25, 0.3) is 0 Å². The fourth-order valence-electron chi connectivity index (χ4n) is 8.82. The maximum absolute atomic E-state index is 12.8. The monoisotopic (exact) mass is 580 g/mol. The van der Waals surface area contributed by atoms with E-state index in [-0.39, 0.29) is 40.7 Å². The van der Waals surface area contributed by atoms with Crippen LogP contribution in [0.3, 0.4) is 0 Å². The molecule has 5 rings (SSSR count). The van der Waals surface area contributed by atoms with Gasteiger partial charge in [0.1, 0.15) is 24.4 Å². The first-order valence-corrected chi connectivity index (χ1v) is 14.8. The molecule has 0 amide bonds. The summed E-state index contributed by atoms with van der Waals surface area (Å²) in [7, 11) is 1.12. The van der Waals surface area contributed by atoms with Crippen LogP contribution in [-0.4, -0.2) is 82.9 Å². The molecule has 12 atom stereocenters. The second kappa shape index (κ2) is 10.9. The van der Waals surface area contributed by atoms with Crippen molar-refractivity contribution in [1.29, 1.82) is 0 Å². The molecule has 1 heterocycles. The second-order valence-corrected chi connectivity index (χ2v) is 13.2. The Balaban J connectivity index is 1.62. The van der Waals surface area contributed by atoms with Crippen LogP contribution in [0.2, 0.25) is 0 Å². The number of hydrogen-bond acceptors (Lipinski definition) is 11. The number of ether oxygens (including phenoxy) is 5. The van der Waals surface area contributed by atoms with Gasteiger partial charge in [-0.15, -0.1) is 0 Å². The lowest BCUT2D eigenvalue weighted by Crippen LogP contribution is -2.66. The van der Waals surface area contributed by atoms with Crippen molar-refractivity contribution >= 4 is 17.9 Å². The molecule has 5 aliphatic rings. The van der Waals surface area contributed by atoms with Gasteiger partial charge in [0, 0.05) is 26.2 Å². The van der Waals surface area contributed by atoms with Crippen molar-refractivity contribution in [3.63, 3.8) is 0 Å². The van der Waals surface area contributed by atoms with Crippen LogP contribution in [0.4, 0.5) is 0 Å². The van der Waals surface area contributed by atoms with Gasteiger partial charge in [-0.05, 0) is 67.3 Å². The molecule has 1 saturated heterocycles. The minimum Gasteiger partial charge on any atom is -0.467 e. The smallest absolute Gasteiger partial charge is 0.337 e. The van der Waals surface area contributed by atoms with E-state index in [1.54, 1.807) is 0 Å². The number of aliphatic hydroxyl groups excluding tert-OH is 3. The molecule has 1 aliphatic heterocycles. The summed E-state index contributed by atoms with van der Waals surface area (Å²) in [5, 5.41) is 32.1. The number of fused-ring (bicyclic) bond motifs is 5. The van der Waals surface area contributed by atoms with Gasteiger partial charge in [-0.2, -0.15) is 0 Å². The van der Waals surface area contributed by atoms with E-state index in [1.807, 2.05) is 6.08 Å². The summed E-state index contributed by atoms with van der Waals surface area (Å²) in [4.78, 5) is 37.0. The van der Waals surface area contributed by atoms with Gasteiger partial charge in [0.25, 0.3) is 0 Å². The van der Waals surface area contributed by atoms with Gasteiger partial charge >= 0.3 is 17.9 Å². The molecule has 230 valence electrons. The van der Waals surface area contributed by atoms with Crippen LogP contribution in [0.1, 0.15) is 79.1 Å². The lowest BCUT2D eigenvalue weighted by molar-refractivity contribution is -0.370. The molecular formula is C30H44O11. The van der Waals surface area contributed by atoms with Crippen LogP contribution in [-0.2, 0) is 38.1 Å². The van der Waals surface area contributed by atoms with Crippen LogP contribution in [0.15, 0.2) is 11.6 Å². The van der Waals surface area contributed by atoms with E-state index in [0.717, 1.165) is 57.6 Å². The molecular weight excluding hydrogens is 536 g/mol. The number of esters is 3. The fraction of sp³-hybridized carbons (Fsp3) is 0.833. The zero-order valence-electron chi connectivity index (χ0n) is 24.5. The molecule has 3 saturated carbocycles. The highest BCUT2D eigenvalue weighted by Crippen LogP contribution is 2.67. The van der Waals surface area contributed by atoms with Gasteiger partial charge < -0.3 is 39.0 Å². The molecule has 4 unspecified atom stereocenters. The van der Waals surface area contributed by atoms with Crippen molar-refractivity contribution in [2.75, 3.05) is 7.11 Å². The maximum Gasteiger partial charge on any atom is 0.337 e. The summed E-state index contributed by atoms with van der Waals surface area (Å²) in [6.45, 7) is 7.18. The van der Waals surface area contributed by atoms with E-state index in [0.29, 0.717) is 6.42 Å². The van der Waals surface area contributed by atoms with Gasteiger partial charge in [0.05, 0.1) is 7.11 Å². The zero-order chi connectivity index (χ0) is 29.9. The van der Waals surface area contributed by atoms with E-state index in [1.165, 1.54) is 13.8 Å². The van der Waals surface area contributed by atoms with Crippen LogP contribution in [0.5, 0.6) is 0 Å². The number of rotatable bonds is 5. The standard InChI is InChI=1S/C30H44O11/c1-15(31)38-18-8-12-29(4)17(13-18)14-30(40-16(2)32,21-19-7-6-10-28(19,3)11-9-20(21)29)41-27-24(35)22(33)23(34)25(39-27)26(36)37-5/h14,18-25,27,33-35H,6-13H2,1-5H3/t18-,19?,20?,21?,22-,23-,24+,25-,27-,28-,29-,30?/m0/s1. The highest BCUT2D eigenvalue weighted by atomic mass is 16.8. The molecule has 0 aromatic rings. The molecule has 41 heavy (non-hydrogen) atoms. The van der Waals surface area contributed by atoms with Gasteiger partial charge in [0.15, 0.2) is 12.4 Å². The molecule has 4 fully saturated rings. The molecule has 11 nitrogen and oxygen atoms in total. The van der Waals surface area contributed by atoms with Gasteiger partial charge in [-0.25, -0.2) is 4.79 Å². The van der Waals surface area contributed by atoms with Crippen molar-refractivity contribution in [1.82, 2.24) is 0 Å². The van der Waals surface area contributed by atoms with Crippen molar-refractivity contribution in [2.24, 2.45) is 28.6 Å². The number of carbonyl (C=O) groups excluding carboxylic acids is 3. The Hall–Kier alpha value is -2.05. The van der Waals surface area contributed by atoms with Crippen LogP contribution < -0.4 is 0 Å². The predicted octanol–water partition coefficient (Wildman–Crippen LogP) is 2.14. The van der Waals surface area contributed by atoms with Crippen molar-refractivity contribution in [3.05, 3.63) is 11.6 Å². The summed E-state index contributed by atoms with van der Waals surface area (Å²) in [5.74, 6) is -3.73. The molecule has 0 bridgehead atoms. The van der Waals surface area contributed by atoms with Gasteiger partial charge in [-0.3, -0.25) is 9.59 Å². The third kappa shape index (κ3) is 5.11. The number of methoxy groups -OCH3 is 1. The van der Waals surface area contributed by atoms with Gasteiger partial charge in [-0.1, -0.05) is 25.8 Å². The summed E-state index contributed by atoms with van der Waals surface area (Å²) >= 11 is 0. The van der Waals surface area contributed by atoms with E-state index >= 15 is 0 Å². The minimum atomic E-state index is -1.78. The highest BCUT2D eigenvalue weighted by molar-refractivity contribution is 5.75. The average Bonchev–Trinajstić information content (AvgIpc) is 3.30. The molecule has 3 N–H and O–H groups in total. The normalized spacial score (nSPS) is 47.2. The third-order valence-electron chi connectivity index (χ3n) is 10.8. The molecule has 11 heteroatoms. The van der Waals surface area contributed by atoms with Crippen molar-refractivity contribution in [2.45, 2.75) is 122 Å². The first-order valence-electron chi connectivity index (χ1n) is 14.8. The Labute approximate surface area is 240 Å². The Kier molecular flexibility index (Phi) is 8.08. The lowest BCUT2D eigenvalue weighted by Gasteiger charge is -2.62. The fourth-order valence-corrected chi connectivity index (χ4v) is 8.82. The lowest BCUT2D eigenvalue weighted by atomic mass is 9.46. The van der Waals surface area contributed by atoms with E-state index in [4.69, 9.17) is 23.7 Å². The zero-order valence-corrected chi connectivity index (χ0v) is 24.5. The molecule has 0 spiro atoms. The van der Waals surface area contributed by atoms with E-state index < -0.39 is 48.4 Å². The first-order chi connectivity index (χ1) is 19.2. The van der Waals surface area contributed by atoms with Crippen molar-refractivity contribution < 1.29 is 53.4 Å². The largest absolute Gasteiger partial charge is 0.467 e. The van der Waals surface area contributed by atoms with Crippen LogP contribution >= 0.6 is 0 Å². The Bertz CT molecular complexity index is 1090. The first kappa shape index (κ1) is 30.4. The topological polar surface area (TPSA) is 158 Å².